The van der Waals surface area contributed by atoms with E-state index >= 15 is 0 Å². The second-order valence-corrected chi connectivity index (χ2v) is 4.41. The number of halogens is 1. The van der Waals surface area contributed by atoms with Crippen LogP contribution in [-0.4, -0.2) is 10.5 Å². The Balaban J connectivity index is 2.66. The van der Waals surface area contributed by atoms with Crippen LogP contribution in [0.1, 0.15) is 30.1 Å². The van der Waals surface area contributed by atoms with Gasteiger partial charge in [0.25, 0.3) is 5.91 Å². The maximum absolute atomic E-state index is 11.4. The van der Waals surface area contributed by atoms with Gasteiger partial charge in [-0.05, 0) is 12.5 Å². The Morgan fingerprint density at radius 3 is 2.76 bits per heavy atom. The van der Waals surface area contributed by atoms with E-state index in [1.807, 2.05) is 28.8 Å². The summed E-state index contributed by atoms with van der Waals surface area (Å²) in [5.41, 5.74) is 6.79. The van der Waals surface area contributed by atoms with Crippen molar-refractivity contribution in [1.29, 1.82) is 0 Å². The van der Waals surface area contributed by atoms with Crippen molar-refractivity contribution in [3.63, 3.8) is 0 Å². The molecular formula is C13H15ClN2O. The van der Waals surface area contributed by atoms with Crippen molar-refractivity contribution in [1.82, 2.24) is 4.57 Å². The molecule has 4 heteroatoms. The number of nitrogens with two attached hydrogens (primary N) is 1. The number of benzene rings is 1. The zero-order chi connectivity index (χ0) is 12.4. The van der Waals surface area contributed by atoms with Crippen molar-refractivity contribution in [3.05, 3.63) is 35.0 Å². The Kier molecular flexibility index (Phi) is 3.38. The van der Waals surface area contributed by atoms with Gasteiger partial charge in [0, 0.05) is 17.4 Å². The Morgan fingerprint density at radius 1 is 1.41 bits per heavy atom. The van der Waals surface area contributed by atoms with Gasteiger partial charge in [-0.15, -0.1) is 0 Å². The number of primary amides is 1. The molecule has 17 heavy (non-hydrogen) atoms. The predicted octanol–water partition coefficient (Wildman–Crippen LogP) is 3.19. The van der Waals surface area contributed by atoms with Gasteiger partial charge in [0.05, 0.1) is 5.56 Å². The standard InChI is InChI=1S/C13H15ClN2O/c1-2-3-8-16-10-7-5-4-6-9(10)11(12(16)14)13(15)17/h4-7H,2-3,8H2,1H3,(H2,15,17). The number of aromatic nitrogens is 1. The zero-order valence-corrected chi connectivity index (χ0v) is 10.5. The molecule has 0 spiro atoms. The van der Waals surface area contributed by atoms with Gasteiger partial charge in [-0.2, -0.15) is 0 Å². The number of para-hydroxylation sites is 1. The monoisotopic (exact) mass is 250 g/mol. The summed E-state index contributed by atoms with van der Waals surface area (Å²) in [5.74, 6) is -0.471. The summed E-state index contributed by atoms with van der Waals surface area (Å²) in [7, 11) is 0. The summed E-state index contributed by atoms with van der Waals surface area (Å²) in [6.45, 7) is 2.93. The van der Waals surface area contributed by atoms with Crippen molar-refractivity contribution in [2.75, 3.05) is 0 Å². The molecule has 1 aromatic heterocycles. The molecule has 0 saturated heterocycles. The van der Waals surface area contributed by atoms with E-state index in [2.05, 4.69) is 6.92 Å². The summed E-state index contributed by atoms with van der Waals surface area (Å²) in [6, 6.07) is 7.66. The first-order valence-corrected chi connectivity index (χ1v) is 6.11. The highest BCUT2D eigenvalue weighted by atomic mass is 35.5. The topological polar surface area (TPSA) is 48.0 Å². The molecular weight excluding hydrogens is 236 g/mol. The van der Waals surface area contributed by atoms with Crippen molar-refractivity contribution in [2.45, 2.75) is 26.3 Å². The van der Waals surface area contributed by atoms with Crippen LogP contribution in [-0.2, 0) is 6.54 Å². The van der Waals surface area contributed by atoms with E-state index in [4.69, 9.17) is 17.3 Å². The van der Waals surface area contributed by atoms with Gasteiger partial charge < -0.3 is 10.3 Å². The van der Waals surface area contributed by atoms with Gasteiger partial charge in [-0.1, -0.05) is 43.1 Å². The number of fused-ring (bicyclic) bond motifs is 1. The lowest BCUT2D eigenvalue weighted by molar-refractivity contribution is 0.100. The van der Waals surface area contributed by atoms with Crippen LogP contribution >= 0.6 is 11.6 Å². The SMILES string of the molecule is CCCCn1c(Cl)c(C(N)=O)c2ccccc21. The molecule has 0 aliphatic carbocycles. The third kappa shape index (κ3) is 2.03. The van der Waals surface area contributed by atoms with Crippen molar-refractivity contribution < 1.29 is 4.79 Å². The summed E-state index contributed by atoms with van der Waals surface area (Å²) >= 11 is 6.25. The molecule has 1 aromatic carbocycles. The number of nitrogens with zero attached hydrogens (tertiary/aromatic N) is 1. The number of rotatable bonds is 4. The van der Waals surface area contributed by atoms with Gasteiger partial charge in [0.2, 0.25) is 0 Å². The lowest BCUT2D eigenvalue weighted by atomic mass is 10.2. The van der Waals surface area contributed by atoms with E-state index in [1.165, 1.54) is 0 Å². The van der Waals surface area contributed by atoms with Crippen LogP contribution in [0, 0.1) is 0 Å². The Bertz CT molecular complexity index is 560. The van der Waals surface area contributed by atoms with Gasteiger partial charge in [0.1, 0.15) is 5.15 Å². The molecule has 2 aromatic rings. The Hall–Kier alpha value is -1.48. The minimum absolute atomic E-state index is 0.429. The number of hydrogen-bond donors (Lipinski definition) is 1. The zero-order valence-electron chi connectivity index (χ0n) is 9.74. The Morgan fingerprint density at radius 2 is 2.12 bits per heavy atom. The second-order valence-electron chi connectivity index (χ2n) is 4.05. The van der Waals surface area contributed by atoms with Crippen LogP contribution in [0.15, 0.2) is 24.3 Å². The van der Waals surface area contributed by atoms with E-state index in [-0.39, 0.29) is 0 Å². The van der Waals surface area contributed by atoms with E-state index in [0.29, 0.717) is 10.7 Å². The van der Waals surface area contributed by atoms with E-state index in [1.54, 1.807) is 0 Å². The molecule has 0 fully saturated rings. The van der Waals surface area contributed by atoms with Crippen LogP contribution in [0.25, 0.3) is 10.9 Å². The molecule has 0 unspecified atom stereocenters. The van der Waals surface area contributed by atoms with E-state index in [0.717, 1.165) is 30.3 Å². The molecule has 2 N–H and O–H groups in total. The van der Waals surface area contributed by atoms with Crippen LogP contribution in [0.4, 0.5) is 0 Å². The highest BCUT2D eigenvalue weighted by Crippen LogP contribution is 2.29. The molecule has 3 nitrogen and oxygen atoms in total. The summed E-state index contributed by atoms with van der Waals surface area (Å²) in [5, 5.41) is 1.29. The number of carbonyl (C=O) groups is 1. The van der Waals surface area contributed by atoms with Crippen LogP contribution in [0.5, 0.6) is 0 Å². The van der Waals surface area contributed by atoms with E-state index < -0.39 is 5.91 Å². The van der Waals surface area contributed by atoms with E-state index in [9.17, 15) is 4.79 Å². The number of amides is 1. The molecule has 0 bridgehead atoms. The Labute approximate surface area is 105 Å². The van der Waals surface area contributed by atoms with Gasteiger partial charge in [-0.3, -0.25) is 4.79 Å². The largest absolute Gasteiger partial charge is 0.365 e. The lowest BCUT2D eigenvalue weighted by Crippen LogP contribution is -2.11. The van der Waals surface area contributed by atoms with Crippen molar-refractivity contribution >= 4 is 28.4 Å². The van der Waals surface area contributed by atoms with Gasteiger partial charge in [-0.25, -0.2) is 0 Å². The van der Waals surface area contributed by atoms with Crippen LogP contribution in [0.3, 0.4) is 0 Å². The third-order valence-corrected chi connectivity index (χ3v) is 3.28. The summed E-state index contributed by atoms with van der Waals surface area (Å²) < 4.78 is 1.96. The van der Waals surface area contributed by atoms with Crippen molar-refractivity contribution in [2.24, 2.45) is 5.73 Å². The molecule has 1 amide bonds. The summed E-state index contributed by atoms with van der Waals surface area (Å²) in [6.07, 6.45) is 2.10. The first kappa shape index (κ1) is 12.0. The highest BCUT2D eigenvalue weighted by Gasteiger charge is 2.18. The molecule has 0 saturated carbocycles. The molecule has 0 atom stereocenters. The summed E-state index contributed by atoms with van der Waals surface area (Å²) in [4.78, 5) is 11.4. The third-order valence-electron chi connectivity index (χ3n) is 2.89. The molecule has 0 aliphatic heterocycles. The fourth-order valence-electron chi connectivity index (χ4n) is 2.04. The van der Waals surface area contributed by atoms with Gasteiger partial charge >= 0.3 is 0 Å². The van der Waals surface area contributed by atoms with Crippen molar-refractivity contribution in [3.8, 4) is 0 Å². The minimum Gasteiger partial charge on any atom is -0.365 e. The van der Waals surface area contributed by atoms with Gasteiger partial charge in [0.15, 0.2) is 0 Å². The fraction of sp³-hybridized carbons (Fsp3) is 0.308. The number of unbranched alkanes of at least 4 members (excludes halogenated alkanes) is 1. The molecule has 0 aliphatic rings. The first-order valence-electron chi connectivity index (χ1n) is 5.73. The fourth-order valence-corrected chi connectivity index (χ4v) is 2.41. The molecule has 0 radical (unpaired) electrons. The average Bonchev–Trinajstić information content (AvgIpc) is 2.58. The maximum Gasteiger partial charge on any atom is 0.252 e. The molecule has 90 valence electrons. The predicted molar refractivity (Wildman–Crippen MR) is 70.4 cm³/mol. The molecule has 1 heterocycles. The van der Waals surface area contributed by atoms with Crippen LogP contribution < -0.4 is 5.73 Å². The number of carbonyl (C=O) groups excluding carboxylic acids is 1. The maximum atomic E-state index is 11.4. The highest BCUT2D eigenvalue weighted by molar-refractivity contribution is 6.35. The number of hydrogen-bond acceptors (Lipinski definition) is 1. The molecule has 2 rings (SSSR count). The quantitative estimate of drug-likeness (QED) is 0.890. The first-order chi connectivity index (χ1) is 8.16. The average molecular weight is 251 g/mol. The lowest BCUT2D eigenvalue weighted by Gasteiger charge is -2.05. The normalized spacial score (nSPS) is 10.9. The smallest absolute Gasteiger partial charge is 0.252 e. The second kappa shape index (κ2) is 4.80. The minimum atomic E-state index is -0.471. The number of aryl methyl sites for hydroxylation is 1. The van der Waals surface area contributed by atoms with Crippen LogP contribution in [0.2, 0.25) is 5.15 Å².